The molecule has 2 aromatic carbocycles. The van der Waals surface area contributed by atoms with E-state index >= 15 is 0 Å². The number of hydrogen-bond acceptors (Lipinski definition) is 4. The zero-order chi connectivity index (χ0) is 20.5. The summed E-state index contributed by atoms with van der Waals surface area (Å²) in [5.74, 6) is 2.27. The first kappa shape index (κ1) is 18.7. The number of hydrogen-bond donors (Lipinski definition) is 0. The maximum Gasteiger partial charge on any atom is 0.212 e. The highest BCUT2D eigenvalue weighted by molar-refractivity contribution is 5.51. The van der Waals surface area contributed by atoms with E-state index in [0.717, 1.165) is 41.2 Å². The molecule has 0 aliphatic heterocycles. The molecule has 1 fully saturated rings. The molecule has 0 saturated heterocycles. The lowest BCUT2D eigenvalue weighted by Gasteiger charge is -2.17. The summed E-state index contributed by atoms with van der Waals surface area (Å²) in [5.41, 5.74) is 6.78. The van der Waals surface area contributed by atoms with Crippen molar-refractivity contribution in [3.8, 4) is 17.7 Å². The van der Waals surface area contributed by atoms with Gasteiger partial charge in [-0.15, -0.1) is 0 Å². The molecule has 2 aliphatic carbocycles. The number of ether oxygens (including phenoxy) is 2. The van der Waals surface area contributed by atoms with Crippen molar-refractivity contribution in [2.24, 2.45) is 0 Å². The summed E-state index contributed by atoms with van der Waals surface area (Å²) >= 11 is 0. The number of pyridine rings is 1. The van der Waals surface area contributed by atoms with Gasteiger partial charge >= 0.3 is 0 Å². The molecule has 3 aromatic rings. The topological polar surface area (TPSA) is 55.1 Å². The van der Waals surface area contributed by atoms with Crippen molar-refractivity contribution in [1.82, 2.24) is 4.98 Å². The van der Waals surface area contributed by atoms with Crippen LogP contribution in [0, 0.1) is 11.3 Å². The van der Waals surface area contributed by atoms with E-state index in [1.54, 1.807) is 7.11 Å². The fourth-order valence-electron chi connectivity index (χ4n) is 4.41. The van der Waals surface area contributed by atoms with Gasteiger partial charge < -0.3 is 9.47 Å². The van der Waals surface area contributed by atoms with Crippen molar-refractivity contribution in [2.45, 2.75) is 44.1 Å². The van der Waals surface area contributed by atoms with Crippen LogP contribution < -0.4 is 9.47 Å². The zero-order valence-corrected chi connectivity index (χ0v) is 17.1. The molecule has 4 heteroatoms. The van der Waals surface area contributed by atoms with E-state index in [1.807, 2.05) is 24.4 Å². The van der Waals surface area contributed by atoms with Crippen LogP contribution in [0.25, 0.3) is 0 Å². The molecule has 0 spiro atoms. The highest BCUT2D eigenvalue weighted by Crippen LogP contribution is 2.42. The molecule has 1 unspecified atom stereocenters. The Balaban J connectivity index is 1.39. The van der Waals surface area contributed by atoms with Gasteiger partial charge in [0, 0.05) is 18.7 Å². The van der Waals surface area contributed by atoms with Crippen LogP contribution in [0.4, 0.5) is 0 Å². The Morgan fingerprint density at radius 1 is 1.03 bits per heavy atom. The molecular weight excluding hydrogens is 372 g/mol. The molecule has 150 valence electrons. The first-order valence-electron chi connectivity index (χ1n) is 10.6. The summed E-state index contributed by atoms with van der Waals surface area (Å²) in [5, 5.41) is 9.67. The number of nitrogens with zero attached hydrogens (tertiary/aromatic N) is 2. The molecule has 4 nitrogen and oxygen atoms in total. The highest BCUT2D eigenvalue weighted by Gasteiger charge is 2.28. The summed E-state index contributed by atoms with van der Waals surface area (Å²) in [6.07, 6.45) is 7.02. The molecule has 0 bridgehead atoms. The summed E-state index contributed by atoms with van der Waals surface area (Å²) in [6.45, 7) is 0. The molecule has 0 amide bonds. The molecule has 1 saturated carbocycles. The molecule has 1 atom stereocenters. The van der Waals surface area contributed by atoms with E-state index in [-0.39, 0.29) is 6.10 Å². The molecule has 30 heavy (non-hydrogen) atoms. The van der Waals surface area contributed by atoms with Gasteiger partial charge in [-0.25, -0.2) is 4.98 Å². The smallest absolute Gasteiger partial charge is 0.212 e. The van der Waals surface area contributed by atoms with E-state index in [9.17, 15) is 5.26 Å². The van der Waals surface area contributed by atoms with Crippen LogP contribution in [0.15, 0.2) is 54.7 Å². The first-order valence-corrected chi connectivity index (χ1v) is 10.6. The molecule has 1 aromatic heterocycles. The van der Waals surface area contributed by atoms with Crippen LogP contribution in [0.5, 0.6) is 11.6 Å². The van der Waals surface area contributed by atoms with Crippen molar-refractivity contribution in [3.05, 3.63) is 88.1 Å². The Morgan fingerprint density at radius 3 is 2.53 bits per heavy atom. The fourth-order valence-corrected chi connectivity index (χ4v) is 4.41. The third-order valence-electron chi connectivity index (χ3n) is 6.19. The van der Waals surface area contributed by atoms with Crippen molar-refractivity contribution >= 4 is 0 Å². The number of methoxy groups -OCH3 is 1. The van der Waals surface area contributed by atoms with Crippen molar-refractivity contribution in [2.75, 3.05) is 7.11 Å². The average molecular weight is 396 g/mol. The molecular formula is C26H24N2O2. The highest BCUT2D eigenvalue weighted by atomic mass is 16.5. The van der Waals surface area contributed by atoms with E-state index in [4.69, 9.17) is 9.47 Å². The normalized spacial score (nSPS) is 17.3. The number of fused-ring (bicyclic) bond motifs is 1. The van der Waals surface area contributed by atoms with Crippen molar-refractivity contribution < 1.29 is 9.47 Å². The predicted molar refractivity (Wildman–Crippen MR) is 115 cm³/mol. The van der Waals surface area contributed by atoms with E-state index < -0.39 is 0 Å². The number of nitriles is 1. The SMILES string of the molecule is COc1ccc(Cc2c(C#N)ccc3c2CCC3Oc2ccc(C3CC3)cc2)cn1. The van der Waals surface area contributed by atoms with Gasteiger partial charge in [0.05, 0.1) is 18.7 Å². The summed E-state index contributed by atoms with van der Waals surface area (Å²) < 4.78 is 11.5. The van der Waals surface area contributed by atoms with Crippen LogP contribution >= 0.6 is 0 Å². The lowest BCUT2D eigenvalue weighted by molar-refractivity contribution is 0.207. The Labute approximate surface area is 177 Å². The molecule has 5 rings (SSSR count). The second-order valence-corrected chi connectivity index (χ2v) is 8.15. The standard InChI is InChI=1S/C26H24N2O2/c1-29-26-13-2-17(16-28-26)14-24-20(15-27)7-10-23-22(24)11-12-25(23)30-21-8-5-19(6-9-21)18-3-4-18/h2,5-10,13,16,18,25H,3-4,11-12,14H2,1H3. The molecule has 0 N–H and O–H groups in total. The summed E-state index contributed by atoms with van der Waals surface area (Å²) in [7, 11) is 1.61. The third-order valence-corrected chi connectivity index (χ3v) is 6.19. The van der Waals surface area contributed by atoms with E-state index in [0.29, 0.717) is 12.3 Å². The minimum atomic E-state index is 0.0345. The van der Waals surface area contributed by atoms with Gasteiger partial charge in [-0.1, -0.05) is 24.3 Å². The maximum atomic E-state index is 9.67. The summed E-state index contributed by atoms with van der Waals surface area (Å²) in [4.78, 5) is 4.31. The Morgan fingerprint density at radius 2 is 1.87 bits per heavy atom. The Kier molecular flexibility index (Phi) is 4.88. The van der Waals surface area contributed by atoms with E-state index in [2.05, 4.69) is 41.4 Å². The minimum Gasteiger partial charge on any atom is -0.486 e. The minimum absolute atomic E-state index is 0.0345. The van der Waals surface area contributed by atoms with Crippen LogP contribution in [-0.2, 0) is 12.8 Å². The lowest BCUT2D eigenvalue weighted by Crippen LogP contribution is -2.05. The Bertz CT molecular complexity index is 1090. The van der Waals surface area contributed by atoms with Crippen LogP contribution in [-0.4, -0.2) is 12.1 Å². The fraction of sp³-hybridized carbons (Fsp3) is 0.308. The van der Waals surface area contributed by atoms with Gasteiger partial charge in [-0.05, 0) is 77.6 Å². The van der Waals surface area contributed by atoms with E-state index in [1.165, 1.54) is 29.5 Å². The average Bonchev–Trinajstić information content (AvgIpc) is 3.56. The van der Waals surface area contributed by atoms with Crippen LogP contribution in [0.3, 0.4) is 0 Å². The quantitative estimate of drug-likeness (QED) is 0.552. The summed E-state index contributed by atoms with van der Waals surface area (Å²) in [6, 6.07) is 18.8. The van der Waals surface area contributed by atoms with Gasteiger partial charge in [-0.2, -0.15) is 5.26 Å². The number of aromatic nitrogens is 1. The zero-order valence-electron chi connectivity index (χ0n) is 17.1. The second-order valence-electron chi connectivity index (χ2n) is 8.15. The van der Waals surface area contributed by atoms with Crippen molar-refractivity contribution in [3.63, 3.8) is 0 Å². The van der Waals surface area contributed by atoms with Gasteiger partial charge in [-0.3, -0.25) is 0 Å². The van der Waals surface area contributed by atoms with Gasteiger partial charge in [0.15, 0.2) is 0 Å². The largest absolute Gasteiger partial charge is 0.486 e. The maximum absolute atomic E-state index is 9.67. The monoisotopic (exact) mass is 396 g/mol. The van der Waals surface area contributed by atoms with Gasteiger partial charge in [0.1, 0.15) is 11.9 Å². The van der Waals surface area contributed by atoms with Crippen molar-refractivity contribution in [1.29, 1.82) is 5.26 Å². The lowest BCUT2D eigenvalue weighted by atomic mass is 9.93. The Hall–Kier alpha value is -3.32. The van der Waals surface area contributed by atoms with Crippen LogP contribution in [0.1, 0.15) is 64.7 Å². The molecule has 1 heterocycles. The first-order chi connectivity index (χ1) is 14.7. The third kappa shape index (κ3) is 3.64. The second kappa shape index (κ2) is 7.84. The number of rotatable bonds is 6. The predicted octanol–water partition coefficient (Wildman–Crippen LogP) is 5.50. The van der Waals surface area contributed by atoms with Gasteiger partial charge in [0.25, 0.3) is 0 Å². The van der Waals surface area contributed by atoms with Gasteiger partial charge in [0.2, 0.25) is 5.88 Å². The molecule has 0 radical (unpaired) electrons. The van der Waals surface area contributed by atoms with Crippen LogP contribution in [0.2, 0.25) is 0 Å². The molecule has 2 aliphatic rings. The number of benzene rings is 2.